The van der Waals surface area contributed by atoms with Crippen molar-refractivity contribution in [2.24, 2.45) is 4.99 Å². The number of thiophene rings is 1. The molecule has 0 bridgehead atoms. The van der Waals surface area contributed by atoms with Crippen LogP contribution >= 0.6 is 23.1 Å². The average molecular weight is 255 g/mol. The largest absolute Gasteiger partial charge is 0.285 e. The lowest BCUT2D eigenvalue weighted by molar-refractivity contribution is -0.119. The summed E-state index contributed by atoms with van der Waals surface area (Å²) in [6, 6.07) is 2.11. The van der Waals surface area contributed by atoms with E-state index >= 15 is 0 Å². The van der Waals surface area contributed by atoms with Gasteiger partial charge in [-0.1, -0.05) is 6.92 Å². The summed E-state index contributed by atoms with van der Waals surface area (Å²) in [4.78, 5) is 16.6. The van der Waals surface area contributed by atoms with Crippen LogP contribution in [0.25, 0.3) is 0 Å². The van der Waals surface area contributed by atoms with Crippen LogP contribution in [0, 0.1) is 0 Å². The maximum absolute atomic E-state index is 10.7. The van der Waals surface area contributed by atoms with E-state index in [9.17, 15) is 4.79 Å². The molecule has 1 aliphatic heterocycles. The van der Waals surface area contributed by atoms with Gasteiger partial charge in [0.1, 0.15) is 5.84 Å². The fraction of sp³-hybridized carbons (Fsp3) is 0.400. The minimum Gasteiger partial charge on any atom is -0.285 e. The lowest BCUT2D eigenvalue weighted by atomic mass is 10.3. The highest BCUT2D eigenvalue weighted by atomic mass is 32.2. The molecule has 0 aliphatic carbocycles. The molecule has 16 heavy (non-hydrogen) atoms. The highest BCUT2D eigenvalue weighted by Gasteiger charge is 2.15. The Morgan fingerprint density at radius 1 is 1.62 bits per heavy atom. The number of thioether (sulfide) groups is 1. The van der Waals surface area contributed by atoms with Crippen LogP contribution in [0.1, 0.15) is 18.7 Å². The molecular weight excluding hydrogens is 242 g/mol. The zero-order chi connectivity index (χ0) is 11.5. The molecule has 86 valence electrons. The van der Waals surface area contributed by atoms with Gasteiger partial charge < -0.3 is 0 Å². The normalized spacial score (nSPS) is 14.0. The van der Waals surface area contributed by atoms with Gasteiger partial charge in [-0.25, -0.2) is 4.99 Å². The first kappa shape index (κ1) is 11.5. The van der Waals surface area contributed by atoms with Crippen LogP contribution in [0.5, 0.6) is 0 Å². The molecule has 0 spiro atoms. The van der Waals surface area contributed by atoms with E-state index in [0.717, 1.165) is 23.7 Å². The summed E-state index contributed by atoms with van der Waals surface area (Å²) in [5, 5.41) is 0. The highest BCUT2D eigenvalue weighted by molar-refractivity contribution is 8.02. The Kier molecular flexibility index (Phi) is 3.50. The molecule has 0 saturated heterocycles. The van der Waals surface area contributed by atoms with Gasteiger partial charge in [0.2, 0.25) is 5.91 Å². The second-order valence-corrected chi connectivity index (χ2v) is 5.77. The summed E-state index contributed by atoms with van der Waals surface area (Å²) in [6.45, 7) is 3.61. The molecule has 1 aromatic rings. The third kappa shape index (κ3) is 2.56. The number of carbonyl (C=O) groups is 1. The second-order valence-electron chi connectivity index (χ2n) is 3.39. The van der Waals surface area contributed by atoms with Crippen molar-refractivity contribution >= 4 is 40.5 Å². The maximum atomic E-state index is 10.7. The smallest absolute Gasteiger partial charge is 0.235 e. The van der Waals surface area contributed by atoms with Crippen molar-refractivity contribution < 1.29 is 4.79 Å². The molecule has 2 heterocycles. The van der Waals surface area contributed by atoms with E-state index in [-0.39, 0.29) is 5.91 Å². The number of fused-ring (bicyclic) bond motifs is 1. The maximum Gasteiger partial charge on any atom is 0.235 e. The van der Waals surface area contributed by atoms with Crippen LogP contribution < -0.4 is 10.9 Å². The van der Waals surface area contributed by atoms with Crippen LogP contribution in [0.3, 0.4) is 0 Å². The summed E-state index contributed by atoms with van der Waals surface area (Å²) < 4.78 is 1.27. The van der Waals surface area contributed by atoms with Crippen molar-refractivity contribution in [3.05, 3.63) is 10.9 Å². The number of aryl methyl sites for hydroxylation is 1. The Balaban J connectivity index is 2.11. The molecule has 0 aromatic carbocycles. The Morgan fingerprint density at radius 3 is 3.12 bits per heavy atom. The summed E-state index contributed by atoms with van der Waals surface area (Å²) in [7, 11) is 0. The van der Waals surface area contributed by atoms with Crippen molar-refractivity contribution in [3.63, 3.8) is 0 Å². The van der Waals surface area contributed by atoms with Gasteiger partial charge in [0.25, 0.3) is 0 Å². The molecule has 1 amide bonds. The number of rotatable bonds is 1. The zero-order valence-corrected chi connectivity index (χ0v) is 10.8. The molecule has 0 saturated carbocycles. The molecule has 2 N–H and O–H groups in total. The lowest BCUT2D eigenvalue weighted by Crippen LogP contribution is -2.41. The van der Waals surface area contributed by atoms with Gasteiger partial charge in [-0.15, -0.1) is 23.1 Å². The Labute approximate surface area is 103 Å². The summed E-state index contributed by atoms with van der Waals surface area (Å²) in [6.07, 6.45) is 1.04. The number of hydrazine groups is 1. The highest BCUT2D eigenvalue weighted by Crippen LogP contribution is 2.40. The number of nitrogens with one attached hydrogen (secondary N) is 2. The number of amidine groups is 1. The number of hydrogen-bond acceptors (Lipinski definition) is 5. The van der Waals surface area contributed by atoms with Gasteiger partial charge in [0.15, 0.2) is 0 Å². The predicted molar refractivity (Wildman–Crippen MR) is 68.5 cm³/mol. The molecule has 0 fully saturated rings. The van der Waals surface area contributed by atoms with Gasteiger partial charge in [0, 0.05) is 11.8 Å². The molecule has 2 rings (SSSR count). The third-order valence-electron chi connectivity index (χ3n) is 2.06. The number of amides is 1. The Hall–Kier alpha value is -1.01. The number of carbonyl (C=O) groups excluding carboxylic acids is 1. The number of aliphatic imine (C=N–C) groups is 1. The molecule has 0 radical (unpaired) electrons. The third-order valence-corrected chi connectivity index (χ3v) is 4.61. The molecule has 1 aliphatic rings. The van der Waals surface area contributed by atoms with Gasteiger partial charge in [0.05, 0.1) is 15.6 Å². The van der Waals surface area contributed by atoms with Gasteiger partial charge in [-0.2, -0.15) is 0 Å². The molecule has 0 unspecified atom stereocenters. The van der Waals surface area contributed by atoms with E-state index in [0.29, 0.717) is 0 Å². The molecular formula is C10H13N3OS2. The van der Waals surface area contributed by atoms with E-state index in [1.807, 2.05) is 0 Å². The minimum absolute atomic E-state index is 0.113. The summed E-state index contributed by atoms with van der Waals surface area (Å²) >= 11 is 3.56. The molecule has 6 heteroatoms. The Bertz CT molecular complexity index is 439. The van der Waals surface area contributed by atoms with E-state index in [4.69, 9.17) is 0 Å². The SMILES string of the molecule is CCc1cc2c(s1)SCC(NNC(C)=O)=N2. The minimum atomic E-state index is -0.113. The van der Waals surface area contributed by atoms with E-state index in [2.05, 4.69) is 28.8 Å². The first-order valence-electron chi connectivity index (χ1n) is 5.04. The van der Waals surface area contributed by atoms with Crippen LogP contribution in [-0.2, 0) is 11.2 Å². The van der Waals surface area contributed by atoms with Gasteiger partial charge in [-0.3, -0.25) is 15.6 Å². The van der Waals surface area contributed by atoms with E-state index in [1.165, 1.54) is 16.0 Å². The number of nitrogens with zero attached hydrogens (tertiary/aromatic N) is 1. The van der Waals surface area contributed by atoms with E-state index in [1.54, 1.807) is 23.1 Å². The van der Waals surface area contributed by atoms with Crippen LogP contribution in [-0.4, -0.2) is 17.5 Å². The van der Waals surface area contributed by atoms with Gasteiger partial charge >= 0.3 is 0 Å². The molecule has 4 nitrogen and oxygen atoms in total. The fourth-order valence-corrected chi connectivity index (χ4v) is 3.46. The van der Waals surface area contributed by atoms with E-state index < -0.39 is 0 Å². The standard InChI is InChI=1S/C10H13N3OS2/c1-3-7-4-8-10(16-7)15-5-9(11-8)13-12-6(2)14/h4H,3,5H2,1-2H3,(H,11,13)(H,12,14). The van der Waals surface area contributed by atoms with Crippen LogP contribution in [0.4, 0.5) is 5.69 Å². The fourth-order valence-electron chi connectivity index (χ4n) is 1.30. The lowest BCUT2D eigenvalue weighted by Gasteiger charge is -2.13. The van der Waals surface area contributed by atoms with Crippen molar-refractivity contribution in [2.45, 2.75) is 24.5 Å². The Morgan fingerprint density at radius 2 is 2.44 bits per heavy atom. The molecule has 0 atom stereocenters. The monoisotopic (exact) mass is 255 g/mol. The quantitative estimate of drug-likeness (QED) is 0.756. The topological polar surface area (TPSA) is 53.5 Å². The first-order valence-corrected chi connectivity index (χ1v) is 6.85. The average Bonchev–Trinajstić information content (AvgIpc) is 2.68. The van der Waals surface area contributed by atoms with Crippen molar-refractivity contribution in [1.82, 2.24) is 10.9 Å². The summed E-state index contributed by atoms with van der Waals surface area (Å²) in [5.41, 5.74) is 6.38. The van der Waals surface area contributed by atoms with Crippen molar-refractivity contribution in [2.75, 3.05) is 5.75 Å². The summed E-state index contributed by atoms with van der Waals surface area (Å²) in [5.74, 6) is 1.46. The molecule has 1 aromatic heterocycles. The first-order chi connectivity index (χ1) is 7.69. The van der Waals surface area contributed by atoms with Crippen LogP contribution in [0.15, 0.2) is 15.3 Å². The van der Waals surface area contributed by atoms with Crippen molar-refractivity contribution in [1.29, 1.82) is 0 Å². The van der Waals surface area contributed by atoms with Gasteiger partial charge in [-0.05, 0) is 12.5 Å². The zero-order valence-electron chi connectivity index (χ0n) is 9.16. The second kappa shape index (κ2) is 4.88. The van der Waals surface area contributed by atoms with Crippen LogP contribution in [0.2, 0.25) is 0 Å². The number of hydrogen-bond donors (Lipinski definition) is 2. The predicted octanol–water partition coefficient (Wildman–Crippen LogP) is 2.09. The van der Waals surface area contributed by atoms with Crippen molar-refractivity contribution in [3.8, 4) is 0 Å².